The summed E-state index contributed by atoms with van der Waals surface area (Å²) in [6.45, 7) is 15.7. The molecular weight excluding hydrogens is 378 g/mol. The molecule has 4 aromatic rings. The first-order valence-corrected chi connectivity index (χ1v) is 11.3. The normalized spacial score (nSPS) is 13.1. The Morgan fingerprint density at radius 3 is 2.29 bits per heavy atom. The quantitative estimate of drug-likeness (QED) is 0.259. The van der Waals surface area contributed by atoms with Crippen LogP contribution in [0.1, 0.15) is 62.8 Å². The Morgan fingerprint density at radius 2 is 1.61 bits per heavy atom. The topological polar surface area (TPSA) is 13.1 Å². The van der Waals surface area contributed by atoms with E-state index in [0.29, 0.717) is 5.92 Å². The van der Waals surface area contributed by atoms with E-state index in [1.807, 2.05) is 0 Å². The summed E-state index contributed by atoms with van der Waals surface area (Å²) in [4.78, 5) is 0. The number of aromatic nitrogens is 1. The molecule has 2 heterocycles. The van der Waals surface area contributed by atoms with E-state index < -0.39 is 0 Å². The third-order valence-corrected chi connectivity index (χ3v) is 6.98. The first-order chi connectivity index (χ1) is 14.6. The molecule has 0 amide bonds. The second-order valence-corrected chi connectivity index (χ2v) is 10.5. The zero-order valence-electron chi connectivity index (χ0n) is 20.0. The SMILES string of the molecule is Cc1cc2cc(C(C)C)cc3c2c(c1C)-c1c(cc2cc(C(C)(C)C)ccc2[n+]1C)O3. The van der Waals surface area contributed by atoms with Gasteiger partial charge in [0.05, 0.1) is 10.9 Å². The van der Waals surface area contributed by atoms with Gasteiger partial charge in [0.15, 0.2) is 5.75 Å². The lowest BCUT2D eigenvalue weighted by atomic mass is 9.85. The fourth-order valence-electron chi connectivity index (χ4n) is 4.90. The van der Waals surface area contributed by atoms with Crippen LogP contribution in [0.3, 0.4) is 0 Å². The third kappa shape index (κ3) is 2.96. The van der Waals surface area contributed by atoms with Crippen LogP contribution in [0.25, 0.3) is 32.9 Å². The Bertz CT molecular complexity index is 1390. The molecule has 31 heavy (non-hydrogen) atoms. The summed E-state index contributed by atoms with van der Waals surface area (Å²) in [6, 6.07) is 16.0. The number of ether oxygens (including phenoxy) is 1. The zero-order valence-corrected chi connectivity index (χ0v) is 20.0. The average molecular weight is 411 g/mol. The molecule has 0 radical (unpaired) electrons. The lowest BCUT2D eigenvalue weighted by molar-refractivity contribution is -0.633. The number of nitrogens with zero attached hydrogens (tertiary/aromatic N) is 1. The monoisotopic (exact) mass is 410 g/mol. The summed E-state index contributed by atoms with van der Waals surface area (Å²) < 4.78 is 8.95. The zero-order chi connectivity index (χ0) is 22.2. The second-order valence-electron chi connectivity index (χ2n) is 10.5. The molecule has 0 bridgehead atoms. The first-order valence-electron chi connectivity index (χ1n) is 11.3. The van der Waals surface area contributed by atoms with E-state index in [1.165, 1.54) is 55.2 Å². The van der Waals surface area contributed by atoms with Gasteiger partial charge in [-0.15, -0.1) is 0 Å². The van der Waals surface area contributed by atoms with Crippen molar-refractivity contribution >= 4 is 21.7 Å². The van der Waals surface area contributed by atoms with Crippen LogP contribution in [-0.4, -0.2) is 0 Å². The van der Waals surface area contributed by atoms with Crippen molar-refractivity contribution in [2.75, 3.05) is 0 Å². The Hall–Kier alpha value is -2.87. The minimum Gasteiger partial charge on any atom is -0.450 e. The molecule has 0 saturated carbocycles. The van der Waals surface area contributed by atoms with Gasteiger partial charge < -0.3 is 4.74 Å². The van der Waals surface area contributed by atoms with Crippen LogP contribution < -0.4 is 9.30 Å². The van der Waals surface area contributed by atoms with Gasteiger partial charge in [0.2, 0.25) is 5.52 Å². The smallest absolute Gasteiger partial charge is 0.256 e. The van der Waals surface area contributed by atoms with Crippen LogP contribution in [0.4, 0.5) is 0 Å². The molecule has 2 heteroatoms. The predicted molar refractivity (Wildman–Crippen MR) is 130 cm³/mol. The summed E-state index contributed by atoms with van der Waals surface area (Å²) >= 11 is 0. The van der Waals surface area contributed by atoms with E-state index >= 15 is 0 Å². The first kappa shape index (κ1) is 20.1. The molecule has 0 spiro atoms. The summed E-state index contributed by atoms with van der Waals surface area (Å²) in [5.41, 5.74) is 9.14. The van der Waals surface area contributed by atoms with Gasteiger partial charge >= 0.3 is 0 Å². The molecule has 0 saturated heterocycles. The fraction of sp³-hybridized carbons (Fsp3) is 0.345. The largest absolute Gasteiger partial charge is 0.450 e. The van der Waals surface area contributed by atoms with E-state index in [4.69, 9.17) is 4.74 Å². The van der Waals surface area contributed by atoms with E-state index in [2.05, 4.69) is 103 Å². The summed E-state index contributed by atoms with van der Waals surface area (Å²) in [7, 11) is 2.17. The Labute approximate surface area is 185 Å². The molecule has 0 aliphatic carbocycles. The molecule has 1 aliphatic rings. The highest BCUT2D eigenvalue weighted by Gasteiger charge is 2.32. The maximum absolute atomic E-state index is 6.63. The van der Waals surface area contributed by atoms with Crippen LogP contribution in [-0.2, 0) is 12.5 Å². The minimum atomic E-state index is 0.113. The molecule has 0 atom stereocenters. The highest BCUT2D eigenvalue weighted by atomic mass is 16.5. The molecule has 1 aromatic heterocycles. The summed E-state index contributed by atoms with van der Waals surface area (Å²) in [5.74, 6) is 2.39. The van der Waals surface area contributed by atoms with Gasteiger partial charge in [-0.05, 0) is 65.0 Å². The summed E-state index contributed by atoms with van der Waals surface area (Å²) in [6.07, 6.45) is 0. The number of hydrogen-bond acceptors (Lipinski definition) is 1. The van der Waals surface area contributed by atoms with Crippen molar-refractivity contribution in [3.63, 3.8) is 0 Å². The van der Waals surface area contributed by atoms with Crippen molar-refractivity contribution in [2.45, 2.75) is 59.8 Å². The molecule has 3 aromatic carbocycles. The molecule has 2 nitrogen and oxygen atoms in total. The number of aryl methyl sites for hydroxylation is 2. The summed E-state index contributed by atoms with van der Waals surface area (Å²) in [5, 5.41) is 3.73. The number of hydrogen-bond donors (Lipinski definition) is 0. The lowest BCUT2D eigenvalue weighted by Crippen LogP contribution is -2.33. The molecule has 0 unspecified atom stereocenters. The van der Waals surface area contributed by atoms with E-state index in [-0.39, 0.29) is 5.41 Å². The molecule has 0 N–H and O–H groups in total. The van der Waals surface area contributed by atoms with Crippen molar-refractivity contribution in [3.8, 4) is 22.8 Å². The fourth-order valence-corrected chi connectivity index (χ4v) is 4.90. The van der Waals surface area contributed by atoms with E-state index in [0.717, 1.165) is 11.5 Å². The van der Waals surface area contributed by atoms with E-state index in [9.17, 15) is 0 Å². The standard InChI is InChI=1S/C29H32NO/c1-16(2)19-12-21-11-17(3)18(4)26-27(21)24(14-19)31-25-15-20-13-22(29(5,6)7)9-10-23(20)30(8)28(25)26/h9-16H,1-8H3/q+1. The predicted octanol–water partition coefficient (Wildman–Crippen LogP) is 7.63. The van der Waals surface area contributed by atoms with Crippen molar-refractivity contribution in [1.29, 1.82) is 0 Å². The molecule has 1 aliphatic heterocycles. The van der Waals surface area contributed by atoms with Gasteiger partial charge in [0, 0.05) is 17.5 Å². The van der Waals surface area contributed by atoms with Crippen LogP contribution in [0.2, 0.25) is 0 Å². The van der Waals surface area contributed by atoms with Crippen molar-refractivity contribution in [3.05, 3.63) is 64.7 Å². The van der Waals surface area contributed by atoms with Crippen molar-refractivity contribution in [1.82, 2.24) is 0 Å². The van der Waals surface area contributed by atoms with Gasteiger partial charge in [0.1, 0.15) is 12.8 Å². The Kier molecular flexibility index (Phi) is 4.25. The van der Waals surface area contributed by atoms with Gasteiger partial charge in [0.25, 0.3) is 5.69 Å². The Morgan fingerprint density at radius 1 is 0.871 bits per heavy atom. The van der Waals surface area contributed by atoms with Crippen LogP contribution in [0, 0.1) is 13.8 Å². The molecule has 5 rings (SSSR count). The highest BCUT2D eigenvalue weighted by molar-refractivity contribution is 6.05. The van der Waals surface area contributed by atoms with Crippen molar-refractivity contribution < 1.29 is 9.30 Å². The maximum atomic E-state index is 6.63. The number of benzene rings is 3. The van der Waals surface area contributed by atoms with Crippen molar-refractivity contribution in [2.24, 2.45) is 7.05 Å². The number of rotatable bonds is 1. The molecule has 0 fully saturated rings. The van der Waals surface area contributed by atoms with Gasteiger partial charge in [-0.2, -0.15) is 4.57 Å². The van der Waals surface area contributed by atoms with Crippen LogP contribution in [0.5, 0.6) is 11.5 Å². The van der Waals surface area contributed by atoms with E-state index in [1.54, 1.807) is 0 Å². The second kappa shape index (κ2) is 6.56. The maximum Gasteiger partial charge on any atom is 0.256 e. The lowest BCUT2D eigenvalue weighted by Gasteiger charge is -2.24. The van der Waals surface area contributed by atoms with Gasteiger partial charge in [-0.25, -0.2) is 0 Å². The molecular formula is C29H32NO+. The number of pyridine rings is 1. The average Bonchev–Trinajstić information content (AvgIpc) is 2.69. The van der Waals surface area contributed by atoms with Crippen LogP contribution in [0.15, 0.2) is 42.5 Å². The van der Waals surface area contributed by atoms with Gasteiger partial charge in [-0.1, -0.05) is 52.8 Å². The minimum absolute atomic E-state index is 0.113. The Balaban J connectivity index is 1.89. The number of fused-ring (bicyclic) bond motifs is 3. The molecule has 158 valence electrons. The third-order valence-electron chi connectivity index (χ3n) is 6.98. The highest BCUT2D eigenvalue weighted by Crippen LogP contribution is 2.49. The van der Waals surface area contributed by atoms with Gasteiger partial charge in [-0.3, -0.25) is 0 Å². The van der Waals surface area contributed by atoms with Crippen LogP contribution >= 0.6 is 0 Å².